The lowest BCUT2D eigenvalue weighted by Gasteiger charge is -2.42. The quantitative estimate of drug-likeness (QED) is 0.674. The zero-order chi connectivity index (χ0) is 20.8. The molecule has 2 N–H and O–H groups in total. The summed E-state index contributed by atoms with van der Waals surface area (Å²) < 4.78 is 5.35. The fraction of sp³-hybridized carbons (Fsp3) is 0.737. The summed E-state index contributed by atoms with van der Waals surface area (Å²) in [7, 11) is 0. The average molecular weight is 383 g/mol. The molecule has 0 saturated carbocycles. The maximum atomic E-state index is 12.2. The molecule has 0 bridgehead atoms. The fourth-order valence-electron chi connectivity index (χ4n) is 2.91. The third-order valence-electron chi connectivity index (χ3n) is 4.67. The standard InChI is InChI=1S/C19H33N3O5/c1-7-16(24)21(8-2)13-15(23)20-14(3)19(26)9-11-22(12-10-19)17(25)27-18(4,5)6/h7,14,26H,1,8-13H2,2-6H3,(H,20,23). The van der Waals surface area contributed by atoms with Crippen LogP contribution in [0.3, 0.4) is 0 Å². The molecule has 0 aliphatic carbocycles. The van der Waals surface area contributed by atoms with E-state index in [1.165, 1.54) is 11.0 Å². The highest BCUT2D eigenvalue weighted by atomic mass is 16.6. The summed E-state index contributed by atoms with van der Waals surface area (Å²) in [6, 6.07) is -0.511. The van der Waals surface area contributed by atoms with Gasteiger partial charge in [0.25, 0.3) is 0 Å². The molecule has 0 aromatic heterocycles. The number of piperidine rings is 1. The molecule has 154 valence electrons. The van der Waals surface area contributed by atoms with Crippen molar-refractivity contribution in [3.63, 3.8) is 0 Å². The molecule has 3 amide bonds. The summed E-state index contributed by atoms with van der Waals surface area (Å²) in [6.45, 7) is 13.3. The van der Waals surface area contributed by atoms with Crippen molar-refractivity contribution in [1.29, 1.82) is 0 Å². The predicted molar refractivity (Wildman–Crippen MR) is 102 cm³/mol. The second kappa shape index (κ2) is 9.21. The van der Waals surface area contributed by atoms with Gasteiger partial charge in [0.2, 0.25) is 11.8 Å². The van der Waals surface area contributed by atoms with Crippen LogP contribution < -0.4 is 5.32 Å². The second-order valence-electron chi connectivity index (χ2n) is 7.92. The van der Waals surface area contributed by atoms with Gasteiger partial charge in [0.1, 0.15) is 5.60 Å². The van der Waals surface area contributed by atoms with Crippen molar-refractivity contribution in [2.75, 3.05) is 26.2 Å². The van der Waals surface area contributed by atoms with Gasteiger partial charge in [-0.05, 0) is 53.5 Å². The van der Waals surface area contributed by atoms with Crippen molar-refractivity contribution in [2.24, 2.45) is 0 Å². The number of likely N-dealkylation sites (tertiary alicyclic amines) is 1. The Hall–Kier alpha value is -2.09. The summed E-state index contributed by atoms with van der Waals surface area (Å²) in [4.78, 5) is 38.9. The summed E-state index contributed by atoms with van der Waals surface area (Å²) in [5.74, 6) is -0.660. The van der Waals surface area contributed by atoms with Gasteiger partial charge in [-0.25, -0.2) is 4.79 Å². The summed E-state index contributed by atoms with van der Waals surface area (Å²) in [5.41, 5.74) is -1.69. The molecule has 0 aromatic carbocycles. The smallest absolute Gasteiger partial charge is 0.410 e. The van der Waals surface area contributed by atoms with Crippen LogP contribution in [0, 0.1) is 0 Å². The van der Waals surface area contributed by atoms with E-state index in [1.54, 1.807) is 39.5 Å². The number of likely N-dealkylation sites (N-methyl/N-ethyl adjacent to an activating group) is 1. The number of hydrogen-bond donors (Lipinski definition) is 2. The van der Waals surface area contributed by atoms with Gasteiger partial charge >= 0.3 is 6.09 Å². The van der Waals surface area contributed by atoms with Gasteiger partial charge in [0, 0.05) is 19.6 Å². The number of carbonyl (C=O) groups excluding carboxylic acids is 3. The molecule has 8 nitrogen and oxygen atoms in total. The molecule has 1 fully saturated rings. The fourth-order valence-corrected chi connectivity index (χ4v) is 2.91. The first-order valence-corrected chi connectivity index (χ1v) is 9.33. The zero-order valence-corrected chi connectivity index (χ0v) is 17.1. The molecule has 0 radical (unpaired) electrons. The van der Waals surface area contributed by atoms with Crippen LogP contribution in [0.1, 0.15) is 47.5 Å². The van der Waals surface area contributed by atoms with E-state index in [2.05, 4.69) is 11.9 Å². The van der Waals surface area contributed by atoms with E-state index < -0.39 is 23.3 Å². The van der Waals surface area contributed by atoms with Crippen molar-refractivity contribution >= 4 is 17.9 Å². The summed E-state index contributed by atoms with van der Waals surface area (Å²) >= 11 is 0. The molecule has 1 rings (SSSR count). The Labute approximate surface area is 161 Å². The van der Waals surface area contributed by atoms with Crippen molar-refractivity contribution in [3.05, 3.63) is 12.7 Å². The minimum atomic E-state index is -1.12. The summed E-state index contributed by atoms with van der Waals surface area (Å²) in [6.07, 6.45) is 1.43. The maximum Gasteiger partial charge on any atom is 0.410 e. The number of hydrogen-bond acceptors (Lipinski definition) is 5. The van der Waals surface area contributed by atoms with Crippen LogP contribution in [-0.2, 0) is 14.3 Å². The molecule has 1 aliphatic rings. The Morgan fingerprint density at radius 2 is 1.89 bits per heavy atom. The molecule has 1 aliphatic heterocycles. The number of carbonyl (C=O) groups is 3. The maximum absolute atomic E-state index is 12.2. The Bertz CT molecular complexity index is 562. The molecule has 0 spiro atoms. The van der Waals surface area contributed by atoms with Gasteiger partial charge in [0.15, 0.2) is 0 Å². The predicted octanol–water partition coefficient (Wildman–Crippen LogP) is 1.29. The van der Waals surface area contributed by atoms with E-state index in [-0.39, 0.29) is 18.4 Å². The first-order chi connectivity index (χ1) is 12.4. The number of amides is 3. The van der Waals surface area contributed by atoms with E-state index in [0.29, 0.717) is 32.5 Å². The van der Waals surface area contributed by atoms with Crippen molar-refractivity contribution in [3.8, 4) is 0 Å². The number of ether oxygens (including phenoxy) is 1. The van der Waals surface area contributed by atoms with E-state index in [1.807, 2.05) is 0 Å². The van der Waals surface area contributed by atoms with E-state index in [4.69, 9.17) is 4.74 Å². The Balaban J connectivity index is 2.57. The average Bonchev–Trinajstić information content (AvgIpc) is 2.57. The summed E-state index contributed by atoms with van der Waals surface area (Å²) in [5, 5.41) is 13.6. The van der Waals surface area contributed by atoms with E-state index in [0.717, 1.165) is 0 Å². The van der Waals surface area contributed by atoms with Gasteiger partial charge in [-0.3, -0.25) is 9.59 Å². The van der Waals surface area contributed by atoms with E-state index in [9.17, 15) is 19.5 Å². The van der Waals surface area contributed by atoms with Gasteiger partial charge in [-0.1, -0.05) is 6.58 Å². The first kappa shape index (κ1) is 23.0. The zero-order valence-electron chi connectivity index (χ0n) is 17.1. The van der Waals surface area contributed by atoms with Crippen LogP contribution in [-0.4, -0.2) is 76.2 Å². The molecule has 1 atom stereocenters. The largest absolute Gasteiger partial charge is 0.444 e. The topological polar surface area (TPSA) is 99.2 Å². The SMILES string of the molecule is C=CC(=O)N(CC)CC(=O)NC(C)C1(O)CCN(C(=O)OC(C)(C)C)CC1. The molecule has 8 heteroatoms. The van der Waals surface area contributed by atoms with Crippen molar-refractivity contribution < 1.29 is 24.2 Å². The van der Waals surface area contributed by atoms with Crippen LogP contribution in [0.4, 0.5) is 4.79 Å². The monoisotopic (exact) mass is 383 g/mol. The highest BCUT2D eigenvalue weighted by Gasteiger charge is 2.40. The van der Waals surface area contributed by atoms with Crippen LogP contribution in [0.5, 0.6) is 0 Å². The van der Waals surface area contributed by atoms with Crippen LogP contribution in [0.15, 0.2) is 12.7 Å². The third kappa shape index (κ3) is 6.86. The molecule has 1 unspecified atom stereocenters. The highest BCUT2D eigenvalue weighted by molar-refractivity contribution is 5.90. The van der Waals surface area contributed by atoms with Crippen LogP contribution in [0.2, 0.25) is 0 Å². The van der Waals surface area contributed by atoms with Gasteiger partial charge in [-0.15, -0.1) is 0 Å². The first-order valence-electron chi connectivity index (χ1n) is 9.33. The Kier molecular flexibility index (Phi) is 7.83. The Morgan fingerprint density at radius 1 is 1.33 bits per heavy atom. The number of nitrogens with one attached hydrogen (secondary N) is 1. The second-order valence-corrected chi connectivity index (χ2v) is 7.92. The van der Waals surface area contributed by atoms with Crippen LogP contribution >= 0.6 is 0 Å². The highest BCUT2D eigenvalue weighted by Crippen LogP contribution is 2.26. The van der Waals surface area contributed by atoms with Gasteiger partial charge in [0.05, 0.1) is 18.2 Å². The molecule has 1 saturated heterocycles. The third-order valence-corrected chi connectivity index (χ3v) is 4.67. The Morgan fingerprint density at radius 3 is 2.33 bits per heavy atom. The lowest BCUT2D eigenvalue weighted by atomic mass is 9.85. The number of rotatable bonds is 6. The number of aliphatic hydroxyl groups is 1. The molecular formula is C19H33N3O5. The molecule has 0 aromatic rings. The lowest BCUT2D eigenvalue weighted by molar-refractivity contribution is -0.134. The lowest BCUT2D eigenvalue weighted by Crippen LogP contribution is -2.58. The molecule has 27 heavy (non-hydrogen) atoms. The van der Waals surface area contributed by atoms with Crippen molar-refractivity contribution in [2.45, 2.75) is 64.7 Å². The van der Waals surface area contributed by atoms with Crippen molar-refractivity contribution in [1.82, 2.24) is 15.1 Å². The minimum Gasteiger partial charge on any atom is -0.444 e. The van der Waals surface area contributed by atoms with Gasteiger partial charge in [-0.2, -0.15) is 0 Å². The number of nitrogens with zero attached hydrogens (tertiary/aromatic N) is 2. The van der Waals surface area contributed by atoms with E-state index >= 15 is 0 Å². The molecule has 1 heterocycles. The molecular weight excluding hydrogens is 350 g/mol. The normalized spacial score (nSPS) is 17.6. The minimum absolute atomic E-state index is 0.0915. The van der Waals surface area contributed by atoms with Crippen LogP contribution in [0.25, 0.3) is 0 Å². The van der Waals surface area contributed by atoms with Gasteiger partial charge < -0.3 is 25.0 Å².